The van der Waals surface area contributed by atoms with E-state index in [-0.39, 0.29) is 29.1 Å². The molecule has 3 nitrogen and oxygen atoms in total. The zero-order chi connectivity index (χ0) is 11.4. The predicted octanol–water partition coefficient (Wildman–Crippen LogP) is 2.43. The Balaban J connectivity index is 2.71. The smallest absolute Gasteiger partial charge is 0.222 e. The van der Waals surface area contributed by atoms with Gasteiger partial charge in [0, 0.05) is 6.42 Å². The highest BCUT2D eigenvalue weighted by Gasteiger charge is 2.12. The minimum atomic E-state index is -0.587. The van der Waals surface area contributed by atoms with E-state index in [0.29, 0.717) is 6.42 Å². The van der Waals surface area contributed by atoms with Crippen molar-refractivity contribution in [3.05, 3.63) is 23.0 Å². The molecule has 1 heterocycles. The maximum Gasteiger partial charge on any atom is 0.222 e. The first-order valence-electron chi connectivity index (χ1n) is 4.67. The summed E-state index contributed by atoms with van der Waals surface area (Å²) in [7, 11) is 0. The first kappa shape index (κ1) is 12.0. The van der Waals surface area contributed by atoms with Gasteiger partial charge >= 0.3 is 0 Å². The van der Waals surface area contributed by atoms with Crippen LogP contribution in [0.4, 0.5) is 4.39 Å². The van der Waals surface area contributed by atoms with Gasteiger partial charge in [0.25, 0.3) is 0 Å². The molecule has 0 bridgehead atoms. The van der Waals surface area contributed by atoms with Crippen LogP contribution in [-0.2, 0) is 11.2 Å². The van der Waals surface area contributed by atoms with E-state index in [4.69, 9.17) is 11.6 Å². The van der Waals surface area contributed by atoms with Crippen LogP contribution in [0.5, 0.6) is 0 Å². The number of hydrogen-bond donors (Lipinski definition) is 0. The fourth-order valence-corrected chi connectivity index (χ4v) is 1.37. The second-order valence-corrected chi connectivity index (χ2v) is 4.09. The van der Waals surface area contributed by atoms with Crippen molar-refractivity contribution in [1.29, 1.82) is 0 Å². The topological polar surface area (TPSA) is 42.9 Å². The van der Waals surface area contributed by atoms with Gasteiger partial charge in [-0.2, -0.15) is 0 Å². The first-order valence-corrected chi connectivity index (χ1v) is 5.05. The maximum absolute atomic E-state index is 13.1. The van der Waals surface area contributed by atoms with E-state index >= 15 is 0 Å². The number of carbonyl (C=O) groups excluding carboxylic acids is 1. The molecule has 0 saturated heterocycles. The Kier molecular flexibility index (Phi) is 4.15. The molecule has 5 heteroatoms. The van der Waals surface area contributed by atoms with Gasteiger partial charge in [0.2, 0.25) is 5.28 Å². The van der Waals surface area contributed by atoms with Gasteiger partial charge in [-0.05, 0) is 17.5 Å². The molecule has 1 aromatic heterocycles. The molecule has 0 N–H and O–H groups in total. The van der Waals surface area contributed by atoms with Crippen molar-refractivity contribution in [3.63, 3.8) is 0 Å². The number of rotatable bonds is 4. The van der Waals surface area contributed by atoms with E-state index in [0.717, 1.165) is 6.20 Å². The molecule has 1 rings (SSSR count). The van der Waals surface area contributed by atoms with Crippen molar-refractivity contribution >= 4 is 17.4 Å². The van der Waals surface area contributed by atoms with Crippen LogP contribution in [0.1, 0.15) is 26.0 Å². The highest BCUT2D eigenvalue weighted by molar-refractivity contribution is 6.28. The van der Waals surface area contributed by atoms with Crippen LogP contribution in [0.15, 0.2) is 6.20 Å². The average molecular weight is 231 g/mol. The van der Waals surface area contributed by atoms with Crippen LogP contribution in [-0.4, -0.2) is 15.8 Å². The summed E-state index contributed by atoms with van der Waals surface area (Å²) in [5, 5.41) is -0.0382. The van der Waals surface area contributed by atoms with Crippen molar-refractivity contribution in [2.45, 2.75) is 26.7 Å². The zero-order valence-corrected chi connectivity index (χ0v) is 9.38. The van der Waals surface area contributed by atoms with Crippen LogP contribution in [0.3, 0.4) is 0 Å². The van der Waals surface area contributed by atoms with Crippen LogP contribution in [0.2, 0.25) is 5.28 Å². The SMILES string of the molecule is CC(C)CC(=O)Cc1nc(Cl)ncc1F. The fourth-order valence-electron chi connectivity index (χ4n) is 1.22. The van der Waals surface area contributed by atoms with E-state index < -0.39 is 5.82 Å². The van der Waals surface area contributed by atoms with E-state index in [1.54, 1.807) is 0 Å². The largest absolute Gasteiger partial charge is 0.299 e. The lowest BCUT2D eigenvalue weighted by molar-refractivity contribution is -0.119. The molecule has 0 aromatic carbocycles. The van der Waals surface area contributed by atoms with E-state index in [1.165, 1.54) is 0 Å². The Hall–Kier alpha value is -1.03. The third-order valence-corrected chi connectivity index (χ3v) is 1.97. The summed E-state index contributed by atoms with van der Waals surface area (Å²) in [4.78, 5) is 18.6. The normalized spacial score (nSPS) is 10.7. The minimum absolute atomic E-state index is 0.0216. The van der Waals surface area contributed by atoms with Crippen LogP contribution >= 0.6 is 11.6 Å². The quantitative estimate of drug-likeness (QED) is 0.746. The average Bonchev–Trinajstić information content (AvgIpc) is 2.10. The molecule has 0 radical (unpaired) electrons. The number of aromatic nitrogens is 2. The molecule has 82 valence electrons. The Morgan fingerprint density at radius 2 is 2.27 bits per heavy atom. The van der Waals surface area contributed by atoms with Crippen LogP contribution in [0, 0.1) is 11.7 Å². The number of carbonyl (C=O) groups is 1. The second kappa shape index (κ2) is 5.16. The number of halogens is 2. The number of Topliss-reactive ketones (excluding diaryl/α,β-unsaturated/α-hetero) is 1. The van der Waals surface area contributed by atoms with E-state index in [9.17, 15) is 9.18 Å². The summed E-state index contributed by atoms with van der Waals surface area (Å²) in [5.74, 6) is -0.368. The highest BCUT2D eigenvalue weighted by atomic mass is 35.5. The summed E-state index contributed by atoms with van der Waals surface area (Å²) in [6, 6.07) is 0. The predicted molar refractivity (Wildman–Crippen MR) is 55.2 cm³/mol. The number of nitrogens with zero attached hydrogens (tertiary/aromatic N) is 2. The summed E-state index contributed by atoms with van der Waals surface area (Å²) in [5.41, 5.74) is 0.0700. The summed E-state index contributed by atoms with van der Waals surface area (Å²) in [6.45, 7) is 3.86. The first-order chi connectivity index (χ1) is 6.99. The van der Waals surface area contributed by atoms with Gasteiger partial charge in [-0.3, -0.25) is 4.79 Å². The van der Waals surface area contributed by atoms with Gasteiger partial charge < -0.3 is 0 Å². The van der Waals surface area contributed by atoms with Crippen molar-refractivity contribution in [1.82, 2.24) is 9.97 Å². The van der Waals surface area contributed by atoms with Gasteiger partial charge in [-0.25, -0.2) is 14.4 Å². The molecule has 0 saturated carbocycles. The maximum atomic E-state index is 13.1. The molecule has 0 fully saturated rings. The summed E-state index contributed by atoms with van der Waals surface area (Å²) < 4.78 is 13.1. The van der Waals surface area contributed by atoms with Gasteiger partial charge in [-0.1, -0.05) is 13.8 Å². The van der Waals surface area contributed by atoms with Gasteiger partial charge in [-0.15, -0.1) is 0 Å². The molecule has 0 aliphatic rings. The highest BCUT2D eigenvalue weighted by Crippen LogP contribution is 2.10. The van der Waals surface area contributed by atoms with Crippen LogP contribution < -0.4 is 0 Å². The molecule has 0 atom stereocenters. The van der Waals surface area contributed by atoms with Crippen molar-refractivity contribution in [2.75, 3.05) is 0 Å². The number of ketones is 1. The molecule has 15 heavy (non-hydrogen) atoms. The molecule has 0 amide bonds. The molecule has 0 spiro atoms. The Morgan fingerprint density at radius 3 is 2.87 bits per heavy atom. The molecule has 0 aliphatic heterocycles. The summed E-state index contributed by atoms with van der Waals surface area (Å²) >= 11 is 5.51. The third-order valence-electron chi connectivity index (χ3n) is 1.79. The molecule has 0 unspecified atom stereocenters. The molecular weight excluding hydrogens is 219 g/mol. The van der Waals surface area contributed by atoms with Gasteiger partial charge in [0.15, 0.2) is 5.82 Å². The van der Waals surface area contributed by atoms with Crippen molar-refractivity contribution in [2.24, 2.45) is 5.92 Å². The number of hydrogen-bond acceptors (Lipinski definition) is 3. The van der Waals surface area contributed by atoms with Crippen molar-refractivity contribution in [3.8, 4) is 0 Å². The Morgan fingerprint density at radius 1 is 1.60 bits per heavy atom. The van der Waals surface area contributed by atoms with Crippen LogP contribution in [0.25, 0.3) is 0 Å². The van der Waals surface area contributed by atoms with E-state index in [2.05, 4.69) is 9.97 Å². The minimum Gasteiger partial charge on any atom is -0.299 e. The second-order valence-electron chi connectivity index (χ2n) is 3.75. The Labute approximate surface area is 92.7 Å². The van der Waals surface area contributed by atoms with Gasteiger partial charge in [0.05, 0.1) is 18.3 Å². The Bertz CT molecular complexity index is 368. The summed E-state index contributed by atoms with van der Waals surface area (Å²) in [6.07, 6.45) is 1.38. The lowest BCUT2D eigenvalue weighted by atomic mass is 10.0. The third kappa shape index (κ3) is 3.91. The monoisotopic (exact) mass is 230 g/mol. The molecule has 0 aliphatic carbocycles. The fraction of sp³-hybridized carbons (Fsp3) is 0.500. The van der Waals surface area contributed by atoms with Crippen molar-refractivity contribution < 1.29 is 9.18 Å². The lowest BCUT2D eigenvalue weighted by Gasteiger charge is -2.04. The zero-order valence-electron chi connectivity index (χ0n) is 8.63. The lowest BCUT2D eigenvalue weighted by Crippen LogP contribution is -2.09. The molecular formula is C10H12ClFN2O. The molecule has 1 aromatic rings. The standard InChI is InChI=1S/C10H12ClFN2O/c1-6(2)3-7(15)4-9-8(12)5-13-10(11)14-9/h5-6H,3-4H2,1-2H3. The van der Waals surface area contributed by atoms with Gasteiger partial charge in [0.1, 0.15) is 5.78 Å². The van der Waals surface area contributed by atoms with E-state index in [1.807, 2.05) is 13.8 Å².